The number of nitrogens with zero attached hydrogens (tertiary/aromatic N) is 3. The third kappa shape index (κ3) is 3.83. The van der Waals surface area contributed by atoms with Crippen LogP contribution in [0.2, 0.25) is 0 Å². The normalized spacial score (nSPS) is 10.3. The molecule has 146 valence electrons. The van der Waals surface area contributed by atoms with Crippen LogP contribution in [0, 0.1) is 23.3 Å². The molecule has 3 aromatic rings. The second kappa shape index (κ2) is 7.91. The van der Waals surface area contributed by atoms with Crippen molar-refractivity contribution < 1.29 is 32.2 Å². The highest BCUT2D eigenvalue weighted by molar-refractivity contribution is 5.92. The zero-order valence-electron chi connectivity index (χ0n) is 14.2. The van der Waals surface area contributed by atoms with Gasteiger partial charge in [0.1, 0.15) is 22.7 Å². The third-order valence-corrected chi connectivity index (χ3v) is 3.85. The van der Waals surface area contributed by atoms with E-state index in [2.05, 4.69) is 10.0 Å². The summed E-state index contributed by atoms with van der Waals surface area (Å²) in [7, 11) is 0. The second-order valence-electron chi connectivity index (χ2n) is 5.63. The van der Waals surface area contributed by atoms with Crippen LogP contribution < -0.4 is 4.74 Å². The minimum Gasteiger partial charge on any atom is -0.508 e. The van der Waals surface area contributed by atoms with Crippen LogP contribution >= 0.6 is 0 Å². The molecule has 1 N–H and O–H groups in total. The predicted molar refractivity (Wildman–Crippen MR) is 93.6 cm³/mol. The summed E-state index contributed by atoms with van der Waals surface area (Å²) in [6.07, 6.45) is 0. The molecule has 3 aromatic carbocycles. The number of hydrogen-bond donors (Lipinski definition) is 1. The molecule has 3 rings (SSSR count). The van der Waals surface area contributed by atoms with Gasteiger partial charge in [-0.2, -0.15) is 0 Å². The highest BCUT2D eigenvalue weighted by Gasteiger charge is 2.30. The molecule has 0 spiro atoms. The van der Waals surface area contributed by atoms with Gasteiger partial charge in [0, 0.05) is 4.91 Å². The lowest BCUT2D eigenvalue weighted by Crippen LogP contribution is -2.16. The zero-order chi connectivity index (χ0) is 21.1. The number of azide groups is 1. The number of halogens is 4. The summed E-state index contributed by atoms with van der Waals surface area (Å²) in [4.78, 5) is 14.1. The predicted octanol–water partition coefficient (Wildman–Crippen LogP) is 5.78. The Labute approximate surface area is 160 Å². The molecule has 0 amide bonds. The van der Waals surface area contributed by atoms with Gasteiger partial charge in [-0.25, -0.2) is 22.4 Å². The van der Waals surface area contributed by atoms with E-state index in [9.17, 15) is 27.5 Å². The highest BCUT2D eigenvalue weighted by atomic mass is 19.2. The minimum atomic E-state index is -2.04. The molecule has 10 heteroatoms. The smallest absolute Gasteiger partial charge is 0.349 e. The molecule has 0 fully saturated rings. The van der Waals surface area contributed by atoms with Crippen LogP contribution in [0.3, 0.4) is 0 Å². The molecule has 0 aliphatic rings. The Morgan fingerprint density at radius 3 is 1.83 bits per heavy atom. The Bertz CT molecular complexity index is 1110. The first-order chi connectivity index (χ1) is 13.8. The van der Waals surface area contributed by atoms with E-state index in [4.69, 9.17) is 10.3 Å². The number of rotatable bonds is 4. The van der Waals surface area contributed by atoms with Crippen LogP contribution in [0.4, 0.5) is 23.2 Å². The van der Waals surface area contributed by atoms with Crippen LogP contribution in [0.25, 0.3) is 21.6 Å². The summed E-state index contributed by atoms with van der Waals surface area (Å²) in [6.45, 7) is 0. The number of carbonyl (C=O) groups is 1. The first-order valence-electron chi connectivity index (χ1n) is 7.86. The van der Waals surface area contributed by atoms with E-state index in [0.29, 0.717) is 5.56 Å². The van der Waals surface area contributed by atoms with Gasteiger partial charge in [0.25, 0.3) is 0 Å². The van der Waals surface area contributed by atoms with E-state index in [-0.39, 0.29) is 11.5 Å². The number of benzene rings is 3. The van der Waals surface area contributed by atoms with Crippen LogP contribution in [0.15, 0.2) is 53.6 Å². The molecule has 0 saturated carbocycles. The quantitative estimate of drug-likeness (QED) is 0.114. The Morgan fingerprint density at radius 1 is 0.862 bits per heavy atom. The molecule has 0 bridgehead atoms. The lowest BCUT2D eigenvalue weighted by molar-refractivity contribution is 0.0722. The van der Waals surface area contributed by atoms with E-state index in [1.807, 2.05) is 0 Å². The standard InChI is InChI=1S/C19H9F4N3O3/c20-14-13(15(21)17(23)18(16(14)22)25-26-24)19(28)29-12-7-3-10(4-8-12)9-1-5-11(27)6-2-9/h1-8,27H. The van der Waals surface area contributed by atoms with Crippen molar-refractivity contribution in [2.75, 3.05) is 0 Å². The third-order valence-electron chi connectivity index (χ3n) is 3.85. The first-order valence-corrected chi connectivity index (χ1v) is 7.86. The average molecular weight is 403 g/mol. The lowest BCUT2D eigenvalue weighted by atomic mass is 10.1. The molecular formula is C19H9F4N3O3. The van der Waals surface area contributed by atoms with Gasteiger partial charge >= 0.3 is 5.97 Å². The molecule has 0 saturated heterocycles. The number of phenols is 1. The van der Waals surface area contributed by atoms with E-state index in [0.717, 1.165) is 5.56 Å². The minimum absolute atomic E-state index is 0.0781. The van der Waals surface area contributed by atoms with Crippen molar-refractivity contribution in [3.63, 3.8) is 0 Å². The van der Waals surface area contributed by atoms with Crippen molar-refractivity contribution in [1.82, 2.24) is 0 Å². The fourth-order valence-corrected chi connectivity index (χ4v) is 2.46. The number of phenolic OH excluding ortho intramolecular Hbond substituents is 1. The SMILES string of the molecule is [N-]=[N+]=Nc1c(F)c(F)c(C(=O)Oc2ccc(-c3ccc(O)cc3)cc2)c(F)c1F. The fraction of sp³-hybridized carbons (Fsp3) is 0. The summed E-state index contributed by atoms with van der Waals surface area (Å²) < 4.78 is 60.4. The van der Waals surface area contributed by atoms with Crippen molar-refractivity contribution in [3.05, 3.63) is 87.8 Å². The summed E-state index contributed by atoms with van der Waals surface area (Å²) in [6, 6.07) is 11.9. The van der Waals surface area contributed by atoms with Gasteiger partial charge in [-0.05, 0) is 40.9 Å². The van der Waals surface area contributed by atoms with Gasteiger partial charge in [-0.3, -0.25) is 0 Å². The maximum Gasteiger partial charge on any atom is 0.349 e. The molecule has 0 radical (unpaired) electrons. The van der Waals surface area contributed by atoms with Crippen molar-refractivity contribution in [2.45, 2.75) is 0 Å². The Hall–Kier alpha value is -4.04. The number of hydrogen-bond acceptors (Lipinski definition) is 4. The Morgan fingerprint density at radius 2 is 1.34 bits per heavy atom. The van der Waals surface area contributed by atoms with Gasteiger partial charge in [-0.1, -0.05) is 29.4 Å². The monoisotopic (exact) mass is 403 g/mol. The first kappa shape index (κ1) is 19.7. The van der Waals surface area contributed by atoms with Crippen molar-refractivity contribution >= 4 is 11.7 Å². The van der Waals surface area contributed by atoms with Gasteiger partial charge < -0.3 is 9.84 Å². The van der Waals surface area contributed by atoms with E-state index in [1.54, 1.807) is 12.1 Å². The summed E-state index contributed by atoms with van der Waals surface area (Å²) in [5.74, 6) is -9.87. The van der Waals surface area contributed by atoms with Crippen molar-refractivity contribution in [1.29, 1.82) is 0 Å². The average Bonchev–Trinajstić information content (AvgIpc) is 2.71. The van der Waals surface area contributed by atoms with E-state index in [1.165, 1.54) is 36.4 Å². The van der Waals surface area contributed by atoms with Crippen molar-refractivity contribution in [3.8, 4) is 22.6 Å². The Kier molecular flexibility index (Phi) is 5.38. The molecule has 0 heterocycles. The van der Waals surface area contributed by atoms with Crippen LogP contribution in [0.1, 0.15) is 10.4 Å². The topological polar surface area (TPSA) is 95.3 Å². The van der Waals surface area contributed by atoms with Gasteiger partial charge in [-0.15, -0.1) is 0 Å². The molecule has 0 aromatic heterocycles. The molecule has 0 unspecified atom stereocenters. The van der Waals surface area contributed by atoms with Crippen LogP contribution in [0.5, 0.6) is 11.5 Å². The van der Waals surface area contributed by atoms with Gasteiger partial charge in [0.2, 0.25) is 0 Å². The highest BCUT2D eigenvalue weighted by Crippen LogP contribution is 2.31. The molecule has 0 aliphatic carbocycles. The maximum absolute atomic E-state index is 14.0. The largest absolute Gasteiger partial charge is 0.508 e. The summed E-state index contributed by atoms with van der Waals surface area (Å²) >= 11 is 0. The van der Waals surface area contributed by atoms with E-state index < -0.39 is 40.5 Å². The molecule has 0 atom stereocenters. The van der Waals surface area contributed by atoms with Crippen molar-refractivity contribution in [2.24, 2.45) is 5.11 Å². The number of esters is 1. The fourth-order valence-electron chi connectivity index (χ4n) is 2.46. The lowest BCUT2D eigenvalue weighted by Gasteiger charge is -2.10. The summed E-state index contributed by atoms with van der Waals surface area (Å²) in [5, 5.41) is 11.8. The van der Waals surface area contributed by atoms with Crippen LogP contribution in [-0.2, 0) is 0 Å². The number of aromatic hydroxyl groups is 1. The molecule has 0 aliphatic heterocycles. The summed E-state index contributed by atoms with van der Waals surface area (Å²) in [5.41, 5.74) is 6.50. The second-order valence-corrected chi connectivity index (χ2v) is 5.63. The maximum atomic E-state index is 14.0. The molecule has 29 heavy (non-hydrogen) atoms. The van der Waals surface area contributed by atoms with Gasteiger partial charge in [0.05, 0.1) is 0 Å². The number of ether oxygens (including phenoxy) is 1. The molecule has 6 nitrogen and oxygen atoms in total. The Balaban J connectivity index is 1.89. The zero-order valence-corrected chi connectivity index (χ0v) is 14.2. The van der Waals surface area contributed by atoms with E-state index >= 15 is 0 Å². The van der Waals surface area contributed by atoms with Crippen LogP contribution in [-0.4, -0.2) is 11.1 Å². The number of carbonyl (C=O) groups excluding carboxylic acids is 1. The molecular weight excluding hydrogens is 394 g/mol. The van der Waals surface area contributed by atoms with Gasteiger partial charge in [0.15, 0.2) is 23.3 Å².